The number of likely N-dealkylation sites (tertiary alicyclic amines) is 2. The van der Waals surface area contributed by atoms with Gasteiger partial charge in [-0.2, -0.15) is 0 Å². The number of carbonyl (C=O) groups is 1. The van der Waals surface area contributed by atoms with Crippen LogP contribution in [0, 0.1) is 5.92 Å². The van der Waals surface area contributed by atoms with Gasteiger partial charge in [0.25, 0.3) is 0 Å². The van der Waals surface area contributed by atoms with E-state index in [1.807, 2.05) is 11.8 Å². The zero-order valence-corrected chi connectivity index (χ0v) is 13.8. The van der Waals surface area contributed by atoms with E-state index in [2.05, 4.69) is 10.2 Å². The number of piperidine rings is 1. The van der Waals surface area contributed by atoms with Crippen LogP contribution in [0.1, 0.15) is 51.9 Å². The summed E-state index contributed by atoms with van der Waals surface area (Å²) in [5.74, 6) is 0.355. The number of aliphatic hydroxyl groups is 1. The van der Waals surface area contributed by atoms with Crippen LogP contribution in [0.25, 0.3) is 0 Å². The van der Waals surface area contributed by atoms with Gasteiger partial charge < -0.3 is 15.3 Å². The molecule has 5 heteroatoms. The van der Waals surface area contributed by atoms with E-state index < -0.39 is 0 Å². The van der Waals surface area contributed by atoms with Gasteiger partial charge in [0.2, 0.25) is 0 Å². The number of rotatable bonds is 3. The smallest absolute Gasteiger partial charge is 0.317 e. The van der Waals surface area contributed by atoms with Crippen LogP contribution < -0.4 is 5.32 Å². The molecule has 2 atom stereocenters. The van der Waals surface area contributed by atoms with Crippen molar-refractivity contribution in [2.45, 2.75) is 70.1 Å². The number of amides is 2. The molecule has 2 N–H and O–H groups in total. The first-order valence-electron chi connectivity index (χ1n) is 9.11. The van der Waals surface area contributed by atoms with Gasteiger partial charge in [-0.15, -0.1) is 0 Å². The second-order valence-electron chi connectivity index (χ2n) is 7.43. The van der Waals surface area contributed by atoms with E-state index in [9.17, 15) is 9.90 Å². The number of hydrogen-bond acceptors (Lipinski definition) is 3. The van der Waals surface area contributed by atoms with Crippen LogP contribution >= 0.6 is 0 Å². The molecule has 2 saturated heterocycles. The Morgan fingerprint density at radius 2 is 1.77 bits per heavy atom. The molecule has 1 saturated carbocycles. The quantitative estimate of drug-likeness (QED) is 0.836. The fraction of sp³-hybridized carbons (Fsp3) is 0.941. The SMILES string of the molecule is CC(O)C1CCN(C(=O)NC2CCN(C3CCCC3)C2)CC1. The van der Waals surface area contributed by atoms with E-state index in [4.69, 9.17) is 0 Å². The Labute approximate surface area is 134 Å². The summed E-state index contributed by atoms with van der Waals surface area (Å²) in [5, 5.41) is 12.9. The molecular weight excluding hydrogens is 278 g/mol. The van der Waals surface area contributed by atoms with E-state index in [-0.39, 0.29) is 12.1 Å². The lowest BCUT2D eigenvalue weighted by atomic mass is 9.92. The van der Waals surface area contributed by atoms with Gasteiger partial charge in [0.05, 0.1) is 6.10 Å². The molecule has 0 spiro atoms. The van der Waals surface area contributed by atoms with E-state index in [1.165, 1.54) is 25.7 Å². The second-order valence-corrected chi connectivity index (χ2v) is 7.43. The van der Waals surface area contributed by atoms with Gasteiger partial charge in [-0.3, -0.25) is 4.90 Å². The second kappa shape index (κ2) is 7.18. The van der Waals surface area contributed by atoms with Crippen LogP contribution in [0.3, 0.4) is 0 Å². The Hall–Kier alpha value is -0.810. The van der Waals surface area contributed by atoms with E-state index in [1.54, 1.807) is 0 Å². The van der Waals surface area contributed by atoms with Crippen molar-refractivity contribution < 1.29 is 9.90 Å². The van der Waals surface area contributed by atoms with Crippen LogP contribution in [0.4, 0.5) is 4.79 Å². The van der Waals surface area contributed by atoms with Crippen LogP contribution in [0.2, 0.25) is 0 Å². The summed E-state index contributed by atoms with van der Waals surface area (Å²) in [7, 11) is 0. The summed E-state index contributed by atoms with van der Waals surface area (Å²) in [6, 6.07) is 1.19. The number of urea groups is 1. The molecule has 1 aliphatic carbocycles. The Morgan fingerprint density at radius 3 is 2.41 bits per heavy atom. The normalized spacial score (nSPS) is 29.9. The Balaban J connectivity index is 1.41. The zero-order valence-electron chi connectivity index (χ0n) is 13.8. The van der Waals surface area contributed by atoms with E-state index in [0.29, 0.717) is 12.0 Å². The fourth-order valence-corrected chi connectivity index (χ4v) is 4.36. The maximum atomic E-state index is 12.4. The van der Waals surface area contributed by atoms with Crippen molar-refractivity contribution in [3.05, 3.63) is 0 Å². The third kappa shape index (κ3) is 3.74. The lowest BCUT2D eigenvalue weighted by Crippen LogP contribution is -2.49. The molecule has 3 aliphatic rings. The van der Waals surface area contributed by atoms with Gasteiger partial charge in [-0.25, -0.2) is 4.79 Å². The maximum absolute atomic E-state index is 12.4. The zero-order chi connectivity index (χ0) is 15.5. The van der Waals surface area contributed by atoms with Gasteiger partial charge in [0.15, 0.2) is 0 Å². The van der Waals surface area contributed by atoms with Crippen molar-refractivity contribution in [3.63, 3.8) is 0 Å². The minimum atomic E-state index is -0.250. The highest BCUT2D eigenvalue weighted by Gasteiger charge is 2.32. The predicted octanol–water partition coefficient (Wildman–Crippen LogP) is 1.81. The van der Waals surface area contributed by atoms with Crippen molar-refractivity contribution in [3.8, 4) is 0 Å². The topological polar surface area (TPSA) is 55.8 Å². The van der Waals surface area contributed by atoms with E-state index >= 15 is 0 Å². The average molecular weight is 309 g/mol. The first kappa shape index (κ1) is 16.1. The van der Waals surface area contributed by atoms with Crippen molar-refractivity contribution in [2.75, 3.05) is 26.2 Å². The molecule has 2 heterocycles. The molecule has 2 amide bonds. The Bertz CT molecular complexity index is 374. The molecule has 0 aromatic carbocycles. The lowest BCUT2D eigenvalue weighted by molar-refractivity contribution is 0.0793. The van der Waals surface area contributed by atoms with Crippen LogP contribution in [0.5, 0.6) is 0 Å². The molecular formula is C17H31N3O2. The highest BCUT2D eigenvalue weighted by molar-refractivity contribution is 5.74. The van der Waals surface area contributed by atoms with Crippen LogP contribution in [-0.4, -0.2) is 65.3 Å². The van der Waals surface area contributed by atoms with Crippen molar-refractivity contribution in [1.29, 1.82) is 0 Å². The van der Waals surface area contributed by atoms with Gasteiger partial charge >= 0.3 is 6.03 Å². The number of carbonyl (C=O) groups excluding carboxylic acids is 1. The van der Waals surface area contributed by atoms with Crippen LogP contribution in [0.15, 0.2) is 0 Å². The number of hydrogen-bond donors (Lipinski definition) is 2. The largest absolute Gasteiger partial charge is 0.393 e. The highest BCUT2D eigenvalue weighted by Crippen LogP contribution is 2.26. The standard InChI is InChI=1S/C17H31N3O2/c1-13(21)14-6-9-19(10-7-14)17(22)18-15-8-11-20(12-15)16-4-2-3-5-16/h13-16,21H,2-12H2,1H3,(H,18,22). The van der Waals surface area contributed by atoms with Crippen LogP contribution in [-0.2, 0) is 0 Å². The number of aliphatic hydroxyl groups excluding tert-OH is 1. The monoisotopic (exact) mass is 309 g/mol. The molecule has 5 nitrogen and oxygen atoms in total. The molecule has 2 unspecified atom stereocenters. The summed E-state index contributed by atoms with van der Waals surface area (Å²) in [5.41, 5.74) is 0. The first-order chi connectivity index (χ1) is 10.6. The Kier molecular flexibility index (Phi) is 5.24. The highest BCUT2D eigenvalue weighted by atomic mass is 16.3. The van der Waals surface area contributed by atoms with E-state index in [0.717, 1.165) is 51.5 Å². The van der Waals surface area contributed by atoms with Gasteiger partial charge in [0, 0.05) is 38.3 Å². The summed E-state index contributed by atoms with van der Waals surface area (Å²) in [4.78, 5) is 16.9. The summed E-state index contributed by atoms with van der Waals surface area (Å²) in [6.45, 7) is 5.58. The third-order valence-corrected chi connectivity index (χ3v) is 5.90. The summed E-state index contributed by atoms with van der Waals surface area (Å²) < 4.78 is 0. The summed E-state index contributed by atoms with van der Waals surface area (Å²) in [6.07, 6.45) is 8.11. The predicted molar refractivity (Wildman–Crippen MR) is 86.7 cm³/mol. The minimum absolute atomic E-state index is 0.0994. The van der Waals surface area contributed by atoms with Crippen molar-refractivity contribution >= 4 is 6.03 Å². The molecule has 126 valence electrons. The lowest BCUT2D eigenvalue weighted by Gasteiger charge is -2.34. The average Bonchev–Trinajstić information content (AvgIpc) is 3.18. The first-order valence-corrected chi connectivity index (χ1v) is 9.11. The molecule has 0 aromatic rings. The van der Waals surface area contributed by atoms with Crippen molar-refractivity contribution in [2.24, 2.45) is 5.92 Å². The molecule has 3 fully saturated rings. The Morgan fingerprint density at radius 1 is 1.09 bits per heavy atom. The fourth-order valence-electron chi connectivity index (χ4n) is 4.36. The molecule has 2 aliphatic heterocycles. The minimum Gasteiger partial charge on any atom is -0.393 e. The number of nitrogens with one attached hydrogen (secondary N) is 1. The van der Waals surface area contributed by atoms with Gasteiger partial charge in [-0.05, 0) is 44.9 Å². The molecule has 0 aromatic heterocycles. The molecule has 0 bridgehead atoms. The van der Waals surface area contributed by atoms with Crippen molar-refractivity contribution in [1.82, 2.24) is 15.1 Å². The molecule has 22 heavy (non-hydrogen) atoms. The summed E-state index contributed by atoms with van der Waals surface area (Å²) >= 11 is 0. The molecule has 3 rings (SSSR count). The molecule has 0 radical (unpaired) electrons. The van der Waals surface area contributed by atoms with Gasteiger partial charge in [-0.1, -0.05) is 12.8 Å². The third-order valence-electron chi connectivity index (χ3n) is 5.90. The maximum Gasteiger partial charge on any atom is 0.317 e. The number of nitrogens with zero attached hydrogens (tertiary/aromatic N) is 2. The van der Waals surface area contributed by atoms with Gasteiger partial charge in [0.1, 0.15) is 0 Å².